The van der Waals surface area contributed by atoms with Gasteiger partial charge >= 0.3 is 12.0 Å². The molecular formula is C15H30N2O3S. The van der Waals surface area contributed by atoms with Crippen molar-refractivity contribution < 1.29 is 14.7 Å². The van der Waals surface area contributed by atoms with Crippen molar-refractivity contribution >= 4 is 23.8 Å². The maximum Gasteiger partial charge on any atom is 0.315 e. The van der Waals surface area contributed by atoms with E-state index in [0.717, 1.165) is 12.8 Å². The lowest BCUT2D eigenvalue weighted by Gasteiger charge is -2.32. The first-order valence-electron chi connectivity index (χ1n) is 7.41. The molecule has 0 radical (unpaired) electrons. The number of hydrogen-bond donors (Lipinski definition) is 3. The van der Waals surface area contributed by atoms with Crippen LogP contribution in [0.4, 0.5) is 4.79 Å². The first-order chi connectivity index (χ1) is 9.60. The predicted octanol–water partition coefficient (Wildman–Crippen LogP) is 3.10. The number of carboxylic acid groups (broad SMARTS) is 1. The SMILES string of the molecule is CCC(CC)(CNC(=O)NC(CC(=O)O)C(C)(C)C)SC. The van der Waals surface area contributed by atoms with Gasteiger partial charge in [0.25, 0.3) is 0 Å². The topological polar surface area (TPSA) is 78.4 Å². The summed E-state index contributed by atoms with van der Waals surface area (Å²) in [6.45, 7) is 10.6. The molecule has 0 bridgehead atoms. The van der Waals surface area contributed by atoms with Gasteiger partial charge in [0.1, 0.15) is 0 Å². The van der Waals surface area contributed by atoms with E-state index in [1.807, 2.05) is 20.8 Å². The highest BCUT2D eigenvalue weighted by Gasteiger charge is 2.30. The van der Waals surface area contributed by atoms with Gasteiger partial charge in [0.05, 0.1) is 6.42 Å². The zero-order valence-electron chi connectivity index (χ0n) is 14.1. The van der Waals surface area contributed by atoms with Crippen LogP contribution in [0.5, 0.6) is 0 Å². The average Bonchev–Trinajstić information content (AvgIpc) is 2.38. The Kier molecular flexibility index (Phi) is 8.14. The number of carbonyl (C=O) groups is 2. The van der Waals surface area contributed by atoms with Crippen molar-refractivity contribution in [3.63, 3.8) is 0 Å². The Bertz CT molecular complexity index is 341. The average molecular weight is 318 g/mol. The smallest absolute Gasteiger partial charge is 0.315 e. The van der Waals surface area contributed by atoms with E-state index < -0.39 is 12.0 Å². The van der Waals surface area contributed by atoms with Crippen LogP contribution in [0.2, 0.25) is 0 Å². The second-order valence-electron chi connectivity index (χ2n) is 6.44. The molecule has 0 saturated heterocycles. The minimum Gasteiger partial charge on any atom is -0.481 e. The van der Waals surface area contributed by atoms with Crippen molar-refractivity contribution in [2.24, 2.45) is 5.41 Å². The van der Waals surface area contributed by atoms with Crippen molar-refractivity contribution in [1.82, 2.24) is 10.6 Å². The number of carbonyl (C=O) groups excluding carboxylic acids is 1. The van der Waals surface area contributed by atoms with Gasteiger partial charge in [-0.05, 0) is 24.5 Å². The Morgan fingerprint density at radius 2 is 1.71 bits per heavy atom. The Morgan fingerprint density at radius 3 is 2.05 bits per heavy atom. The van der Waals surface area contributed by atoms with Gasteiger partial charge < -0.3 is 15.7 Å². The number of nitrogens with one attached hydrogen (secondary N) is 2. The number of aliphatic carboxylic acids is 1. The van der Waals surface area contributed by atoms with Gasteiger partial charge in [-0.2, -0.15) is 11.8 Å². The summed E-state index contributed by atoms with van der Waals surface area (Å²) in [6, 6.07) is -0.696. The molecule has 3 N–H and O–H groups in total. The number of hydrogen-bond acceptors (Lipinski definition) is 3. The first kappa shape index (κ1) is 20.1. The molecule has 6 heteroatoms. The fourth-order valence-corrected chi connectivity index (χ4v) is 2.85. The predicted molar refractivity (Wildman–Crippen MR) is 88.9 cm³/mol. The van der Waals surface area contributed by atoms with Crippen LogP contribution >= 0.6 is 11.8 Å². The van der Waals surface area contributed by atoms with Crippen LogP contribution in [0, 0.1) is 5.41 Å². The van der Waals surface area contributed by atoms with Crippen molar-refractivity contribution in [1.29, 1.82) is 0 Å². The quantitative estimate of drug-likeness (QED) is 0.642. The highest BCUT2D eigenvalue weighted by Crippen LogP contribution is 2.29. The van der Waals surface area contributed by atoms with E-state index in [9.17, 15) is 9.59 Å². The van der Waals surface area contributed by atoms with Crippen LogP contribution in [-0.2, 0) is 4.79 Å². The van der Waals surface area contributed by atoms with Crippen LogP contribution in [0.15, 0.2) is 0 Å². The number of thioether (sulfide) groups is 1. The first-order valence-corrected chi connectivity index (χ1v) is 8.64. The summed E-state index contributed by atoms with van der Waals surface area (Å²) in [5.41, 5.74) is -0.304. The lowest BCUT2D eigenvalue weighted by atomic mass is 9.85. The highest BCUT2D eigenvalue weighted by molar-refractivity contribution is 8.00. The van der Waals surface area contributed by atoms with E-state index in [4.69, 9.17) is 5.11 Å². The summed E-state index contributed by atoms with van der Waals surface area (Å²) in [6.07, 6.45) is 3.92. The molecule has 0 spiro atoms. The largest absolute Gasteiger partial charge is 0.481 e. The van der Waals surface area contributed by atoms with Crippen molar-refractivity contribution in [3.8, 4) is 0 Å². The van der Waals surface area contributed by atoms with E-state index >= 15 is 0 Å². The van der Waals surface area contributed by atoms with Crippen molar-refractivity contribution in [2.75, 3.05) is 12.8 Å². The van der Waals surface area contributed by atoms with E-state index in [2.05, 4.69) is 30.7 Å². The third-order valence-electron chi connectivity index (χ3n) is 4.02. The van der Waals surface area contributed by atoms with E-state index in [0.29, 0.717) is 6.54 Å². The molecule has 0 aliphatic carbocycles. The molecule has 2 amide bonds. The van der Waals surface area contributed by atoms with Crippen LogP contribution in [0.25, 0.3) is 0 Å². The minimum atomic E-state index is -0.907. The van der Waals surface area contributed by atoms with Gasteiger partial charge in [-0.15, -0.1) is 0 Å². The normalized spacial score (nSPS) is 13.6. The molecule has 0 aliphatic rings. The zero-order chi connectivity index (χ0) is 16.7. The monoisotopic (exact) mass is 318 g/mol. The summed E-state index contributed by atoms with van der Waals surface area (Å²) in [5.74, 6) is -0.907. The molecule has 21 heavy (non-hydrogen) atoms. The molecule has 0 saturated carbocycles. The molecule has 0 aromatic carbocycles. The minimum absolute atomic E-state index is 0.0430. The summed E-state index contributed by atoms with van der Waals surface area (Å²) in [4.78, 5) is 23.0. The molecule has 0 fully saturated rings. The van der Waals surface area contributed by atoms with E-state index in [1.54, 1.807) is 11.8 Å². The summed E-state index contributed by atoms with van der Waals surface area (Å²) < 4.78 is 0.0430. The summed E-state index contributed by atoms with van der Waals surface area (Å²) in [7, 11) is 0. The molecule has 0 aromatic rings. The molecule has 5 nitrogen and oxygen atoms in total. The van der Waals surface area contributed by atoms with Crippen LogP contribution < -0.4 is 10.6 Å². The lowest BCUT2D eigenvalue weighted by molar-refractivity contribution is -0.138. The summed E-state index contributed by atoms with van der Waals surface area (Å²) in [5, 5.41) is 14.6. The van der Waals surface area contributed by atoms with E-state index in [1.165, 1.54) is 0 Å². The van der Waals surface area contributed by atoms with Gasteiger partial charge in [-0.25, -0.2) is 4.79 Å². The second-order valence-corrected chi connectivity index (χ2v) is 7.71. The molecule has 0 heterocycles. The van der Waals surface area contributed by atoms with Gasteiger partial charge in [-0.3, -0.25) is 4.79 Å². The van der Waals surface area contributed by atoms with Crippen LogP contribution in [0.1, 0.15) is 53.9 Å². The summed E-state index contributed by atoms with van der Waals surface area (Å²) >= 11 is 1.76. The standard InChI is InChI=1S/C15H30N2O3S/c1-7-15(8-2,21-6)10-16-13(20)17-11(9-12(18)19)14(3,4)5/h11H,7-10H2,1-6H3,(H,18,19)(H2,16,17,20). The van der Waals surface area contributed by atoms with Crippen LogP contribution in [-0.4, -0.2) is 40.7 Å². The highest BCUT2D eigenvalue weighted by atomic mass is 32.2. The third-order valence-corrected chi connectivity index (χ3v) is 5.61. The Hall–Kier alpha value is -0.910. The maximum absolute atomic E-state index is 12.1. The molecule has 1 unspecified atom stereocenters. The lowest BCUT2D eigenvalue weighted by Crippen LogP contribution is -2.51. The van der Waals surface area contributed by atoms with Gasteiger partial charge in [0.2, 0.25) is 0 Å². The van der Waals surface area contributed by atoms with Crippen LogP contribution in [0.3, 0.4) is 0 Å². The number of urea groups is 1. The Morgan fingerprint density at radius 1 is 1.19 bits per heavy atom. The molecule has 0 aromatic heterocycles. The van der Waals surface area contributed by atoms with Gasteiger partial charge in [-0.1, -0.05) is 34.6 Å². The van der Waals surface area contributed by atoms with Crippen molar-refractivity contribution in [2.45, 2.75) is 64.7 Å². The molecule has 1 atom stereocenters. The van der Waals surface area contributed by atoms with Crippen molar-refractivity contribution in [3.05, 3.63) is 0 Å². The molecule has 0 rings (SSSR count). The number of carboxylic acids is 1. The second kappa shape index (κ2) is 8.51. The van der Waals surface area contributed by atoms with Gasteiger partial charge in [0, 0.05) is 17.3 Å². The number of amides is 2. The molecular weight excluding hydrogens is 288 g/mol. The van der Waals surface area contributed by atoms with Gasteiger partial charge in [0.15, 0.2) is 0 Å². The van der Waals surface area contributed by atoms with E-state index in [-0.39, 0.29) is 22.6 Å². The zero-order valence-corrected chi connectivity index (χ0v) is 14.9. The maximum atomic E-state index is 12.1. The Balaban J connectivity index is 4.61. The third kappa shape index (κ3) is 7.07. The fourth-order valence-electron chi connectivity index (χ4n) is 2.06. The fraction of sp³-hybridized carbons (Fsp3) is 0.867. The Labute approximate surface area is 132 Å². The molecule has 0 aliphatic heterocycles. The molecule has 124 valence electrons. The number of rotatable bonds is 8.